The van der Waals surface area contributed by atoms with Crippen LogP contribution in [0.25, 0.3) is 10.8 Å². The Kier molecular flexibility index (Phi) is 6.65. The van der Waals surface area contributed by atoms with Crippen LogP contribution in [0.5, 0.6) is 11.5 Å². The summed E-state index contributed by atoms with van der Waals surface area (Å²) in [5, 5.41) is 1.49. The van der Waals surface area contributed by atoms with Gasteiger partial charge in [-0.3, -0.25) is 9.59 Å². The number of hydrogen-bond acceptors (Lipinski definition) is 4. The molecule has 4 heteroatoms. The van der Waals surface area contributed by atoms with Crippen LogP contribution in [0.4, 0.5) is 0 Å². The average molecular weight is 383 g/mol. The van der Waals surface area contributed by atoms with E-state index in [-0.39, 0.29) is 5.97 Å². The second kappa shape index (κ2) is 8.59. The number of fused-ring (bicyclic) bond motifs is 1. The quantitative estimate of drug-likeness (QED) is 0.260. The summed E-state index contributed by atoms with van der Waals surface area (Å²) < 4.78 is 11.1. The highest BCUT2D eigenvalue weighted by Crippen LogP contribution is 2.46. The fourth-order valence-electron chi connectivity index (χ4n) is 4.12. The number of hydrogen-bond donors (Lipinski definition) is 0. The first-order valence-electron chi connectivity index (χ1n) is 9.61. The van der Waals surface area contributed by atoms with Crippen LogP contribution in [0.3, 0.4) is 0 Å². The maximum atomic E-state index is 11.9. The van der Waals surface area contributed by atoms with Crippen LogP contribution in [-0.2, 0) is 15.0 Å². The molecule has 0 aliphatic rings. The predicted molar refractivity (Wildman–Crippen MR) is 113 cm³/mol. The van der Waals surface area contributed by atoms with Gasteiger partial charge in [-0.25, -0.2) is 0 Å². The summed E-state index contributed by atoms with van der Waals surface area (Å²) in [7, 11) is 0. The second-order valence-corrected chi connectivity index (χ2v) is 8.32. The molecule has 0 heterocycles. The highest BCUT2D eigenvalue weighted by atomic mass is 16.5. The number of esters is 1. The summed E-state index contributed by atoms with van der Waals surface area (Å²) in [4.78, 5) is 23.1. The van der Waals surface area contributed by atoms with Gasteiger partial charge in [-0.05, 0) is 26.2 Å². The smallest absolute Gasteiger partial charge is 0.308 e. The van der Waals surface area contributed by atoms with Crippen molar-refractivity contribution in [1.82, 2.24) is 0 Å². The second-order valence-electron chi connectivity index (χ2n) is 8.32. The van der Waals surface area contributed by atoms with Crippen LogP contribution in [-0.4, -0.2) is 12.4 Å². The topological polar surface area (TPSA) is 52.6 Å². The summed E-state index contributed by atoms with van der Waals surface area (Å²) in [6, 6.07) is 7.50. The first-order valence-corrected chi connectivity index (χ1v) is 9.61. The molecule has 4 nitrogen and oxygen atoms in total. The van der Waals surface area contributed by atoms with Gasteiger partial charge in [-0.15, -0.1) is 0 Å². The highest BCUT2D eigenvalue weighted by molar-refractivity contribution is 5.98. The number of ether oxygens (including phenoxy) is 2. The van der Waals surface area contributed by atoms with Crippen molar-refractivity contribution in [3.8, 4) is 11.5 Å². The lowest BCUT2D eigenvalue weighted by Gasteiger charge is -2.29. The molecule has 0 saturated carbocycles. The molecular weight excluding hydrogens is 352 g/mol. The van der Waals surface area contributed by atoms with Crippen LogP contribution in [0.15, 0.2) is 35.9 Å². The van der Waals surface area contributed by atoms with Gasteiger partial charge in [0.15, 0.2) is 0 Å². The molecule has 2 aromatic rings. The van der Waals surface area contributed by atoms with Crippen LogP contribution in [0, 0.1) is 12.8 Å². The number of allylic oxidation sites excluding steroid dienone is 2. The molecule has 0 N–H and O–H groups in total. The predicted octanol–water partition coefficient (Wildman–Crippen LogP) is 5.88. The Balaban J connectivity index is 2.87. The van der Waals surface area contributed by atoms with Crippen molar-refractivity contribution >= 4 is 23.2 Å². The maximum absolute atomic E-state index is 11.9. The molecule has 150 valence electrons. The van der Waals surface area contributed by atoms with Crippen molar-refractivity contribution in [2.75, 3.05) is 0 Å². The van der Waals surface area contributed by atoms with Gasteiger partial charge < -0.3 is 9.47 Å². The zero-order valence-electron chi connectivity index (χ0n) is 17.9. The van der Waals surface area contributed by atoms with Gasteiger partial charge in [-0.1, -0.05) is 63.6 Å². The van der Waals surface area contributed by atoms with Gasteiger partial charge in [0.25, 0.3) is 6.47 Å². The average Bonchev–Trinajstić information content (AvgIpc) is 2.56. The highest BCUT2D eigenvalue weighted by Gasteiger charge is 2.30. The van der Waals surface area contributed by atoms with E-state index in [4.69, 9.17) is 9.47 Å². The lowest BCUT2D eigenvalue weighted by atomic mass is 9.77. The first-order chi connectivity index (χ1) is 13.1. The van der Waals surface area contributed by atoms with E-state index in [1.807, 2.05) is 31.2 Å². The van der Waals surface area contributed by atoms with Gasteiger partial charge in [0, 0.05) is 34.2 Å². The minimum atomic E-state index is -0.432. The van der Waals surface area contributed by atoms with Crippen LogP contribution >= 0.6 is 0 Å². The molecule has 0 atom stereocenters. The van der Waals surface area contributed by atoms with Gasteiger partial charge in [0.2, 0.25) is 0 Å². The third-order valence-corrected chi connectivity index (χ3v) is 4.75. The zero-order chi connectivity index (χ0) is 21.1. The molecule has 0 aliphatic carbocycles. The fourth-order valence-corrected chi connectivity index (χ4v) is 4.12. The van der Waals surface area contributed by atoms with E-state index in [2.05, 4.69) is 40.7 Å². The molecule has 0 aliphatic heterocycles. The Morgan fingerprint density at radius 3 is 2.18 bits per heavy atom. The van der Waals surface area contributed by atoms with Crippen molar-refractivity contribution in [3.63, 3.8) is 0 Å². The molecule has 0 radical (unpaired) electrons. The number of carbonyl (C=O) groups excluding carboxylic acids is 2. The Morgan fingerprint density at radius 2 is 1.68 bits per heavy atom. The monoisotopic (exact) mass is 382 g/mol. The van der Waals surface area contributed by atoms with E-state index in [0.29, 0.717) is 23.9 Å². The number of carbonyl (C=O) groups is 2. The summed E-state index contributed by atoms with van der Waals surface area (Å²) in [6.45, 7) is 14.4. The number of rotatable bonds is 7. The van der Waals surface area contributed by atoms with E-state index in [9.17, 15) is 9.59 Å². The van der Waals surface area contributed by atoms with Crippen molar-refractivity contribution < 1.29 is 19.1 Å². The Labute approximate surface area is 167 Å². The lowest BCUT2D eigenvalue weighted by Crippen LogP contribution is -2.20. The molecule has 0 aromatic heterocycles. The minimum Gasteiger partial charge on any atom is -0.428 e. The number of benzene rings is 2. The Hall–Kier alpha value is -2.62. The van der Waals surface area contributed by atoms with Crippen molar-refractivity contribution in [2.24, 2.45) is 5.92 Å². The summed E-state index contributed by atoms with van der Waals surface area (Å²) in [6.07, 6.45) is 3.19. The van der Waals surface area contributed by atoms with E-state index in [1.165, 1.54) is 12.5 Å². The summed E-state index contributed by atoms with van der Waals surface area (Å²) in [5.74, 6) is 1.19. The standard InChI is InChI=1S/C24H30O4/c1-15(2)12-16(3)13-24(6,7)21-17(4)22(27-14-25)19-10-8-9-11-20(19)23(21)28-18(5)26/h8-11,13-15H,12H2,1-7H3/b16-13+. The third kappa shape index (κ3) is 4.61. The van der Waals surface area contributed by atoms with Gasteiger partial charge >= 0.3 is 5.97 Å². The molecule has 0 bridgehead atoms. The van der Waals surface area contributed by atoms with Crippen molar-refractivity contribution in [1.29, 1.82) is 0 Å². The maximum Gasteiger partial charge on any atom is 0.308 e. The normalized spacial score (nSPS) is 12.4. The summed E-state index contributed by atoms with van der Waals surface area (Å²) in [5.41, 5.74) is 2.47. The third-order valence-electron chi connectivity index (χ3n) is 4.75. The fraction of sp³-hybridized carbons (Fsp3) is 0.417. The largest absolute Gasteiger partial charge is 0.428 e. The van der Waals surface area contributed by atoms with E-state index in [0.717, 1.165) is 28.3 Å². The molecule has 0 saturated heterocycles. The van der Waals surface area contributed by atoms with Gasteiger partial charge in [0.05, 0.1) is 0 Å². The molecule has 0 fully saturated rings. The van der Waals surface area contributed by atoms with Crippen LogP contribution in [0.2, 0.25) is 0 Å². The molecule has 0 spiro atoms. The summed E-state index contributed by atoms with van der Waals surface area (Å²) >= 11 is 0. The van der Waals surface area contributed by atoms with Crippen LogP contribution < -0.4 is 9.47 Å². The van der Waals surface area contributed by atoms with Crippen molar-refractivity contribution in [2.45, 2.75) is 60.3 Å². The van der Waals surface area contributed by atoms with Gasteiger partial charge in [0.1, 0.15) is 11.5 Å². The SMILES string of the molecule is CC(=O)Oc1c(C(C)(C)/C=C(\C)CC(C)C)c(C)c(OC=O)c2ccccc12. The molecule has 0 unspecified atom stereocenters. The van der Waals surface area contributed by atoms with E-state index in [1.54, 1.807) is 0 Å². The molecule has 0 amide bonds. The minimum absolute atomic E-state index is 0.381. The van der Waals surface area contributed by atoms with E-state index >= 15 is 0 Å². The Bertz CT molecular complexity index is 920. The Morgan fingerprint density at radius 1 is 1.11 bits per heavy atom. The molecule has 2 rings (SSSR count). The molecule has 28 heavy (non-hydrogen) atoms. The molecular formula is C24H30O4. The lowest BCUT2D eigenvalue weighted by molar-refractivity contribution is -0.131. The first kappa shape index (κ1) is 21.7. The zero-order valence-corrected chi connectivity index (χ0v) is 17.9. The van der Waals surface area contributed by atoms with Gasteiger partial charge in [-0.2, -0.15) is 0 Å². The van der Waals surface area contributed by atoms with Crippen LogP contribution in [0.1, 0.15) is 59.1 Å². The molecule has 2 aromatic carbocycles. The van der Waals surface area contributed by atoms with Crippen molar-refractivity contribution in [3.05, 3.63) is 47.0 Å². The van der Waals surface area contributed by atoms with E-state index < -0.39 is 5.41 Å².